The first-order valence-electron chi connectivity index (χ1n) is 6.26. The van der Waals surface area contributed by atoms with Crippen molar-refractivity contribution in [3.8, 4) is 0 Å². The Hall–Kier alpha value is -1.46. The van der Waals surface area contributed by atoms with E-state index in [0.717, 1.165) is 18.6 Å². The molecule has 1 saturated carbocycles. The lowest BCUT2D eigenvalue weighted by molar-refractivity contribution is -0.0161. The number of nitrogens with two attached hydrogens (primary N) is 1. The summed E-state index contributed by atoms with van der Waals surface area (Å²) in [6, 6.07) is 1.77. The standard InChI is InChI=1S/C13H17N3O2/c1-7-4-8(6-15-5-7)13(17)16-11-10(14)9-2-3-18-12(9)11/h4-6,9-12H,2-3,14H2,1H3,(H,16,17). The number of carbonyl (C=O) groups excluding carboxylic acids is 1. The number of ether oxygens (including phenoxy) is 1. The average molecular weight is 247 g/mol. The van der Waals surface area contributed by atoms with Crippen LogP contribution in [0.5, 0.6) is 0 Å². The number of aromatic nitrogens is 1. The van der Waals surface area contributed by atoms with Gasteiger partial charge in [-0.25, -0.2) is 0 Å². The van der Waals surface area contributed by atoms with Gasteiger partial charge in [0.2, 0.25) is 0 Å². The van der Waals surface area contributed by atoms with Gasteiger partial charge in [0, 0.05) is 31.0 Å². The monoisotopic (exact) mass is 247 g/mol. The molecule has 96 valence electrons. The van der Waals surface area contributed by atoms with Crippen LogP contribution in [-0.4, -0.2) is 35.7 Å². The second-order valence-electron chi connectivity index (χ2n) is 5.12. The Balaban J connectivity index is 1.68. The molecule has 1 saturated heterocycles. The van der Waals surface area contributed by atoms with Crippen molar-refractivity contribution in [1.29, 1.82) is 0 Å². The molecule has 4 atom stereocenters. The van der Waals surface area contributed by atoms with E-state index in [4.69, 9.17) is 10.5 Å². The van der Waals surface area contributed by atoms with Crippen LogP contribution in [0, 0.1) is 12.8 Å². The summed E-state index contributed by atoms with van der Waals surface area (Å²) in [6.45, 7) is 2.66. The fraction of sp³-hybridized carbons (Fsp3) is 0.538. The minimum absolute atomic E-state index is 0.0132. The van der Waals surface area contributed by atoms with Crippen molar-refractivity contribution in [1.82, 2.24) is 10.3 Å². The Bertz CT molecular complexity index is 477. The Kier molecular flexibility index (Phi) is 2.80. The predicted molar refractivity (Wildman–Crippen MR) is 66.1 cm³/mol. The number of nitrogens with one attached hydrogen (secondary N) is 1. The molecular formula is C13H17N3O2. The number of aryl methyl sites for hydroxylation is 1. The molecule has 1 aliphatic carbocycles. The summed E-state index contributed by atoms with van der Waals surface area (Å²) in [6.07, 6.45) is 4.40. The molecule has 2 aliphatic rings. The average Bonchev–Trinajstić information content (AvgIpc) is 2.80. The first kappa shape index (κ1) is 11.6. The highest BCUT2D eigenvalue weighted by Crippen LogP contribution is 2.37. The van der Waals surface area contributed by atoms with Crippen LogP contribution in [0.1, 0.15) is 22.3 Å². The van der Waals surface area contributed by atoms with Crippen molar-refractivity contribution < 1.29 is 9.53 Å². The van der Waals surface area contributed by atoms with Crippen LogP contribution in [0.15, 0.2) is 18.5 Å². The second kappa shape index (κ2) is 4.33. The number of hydrogen-bond acceptors (Lipinski definition) is 4. The van der Waals surface area contributed by atoms with Crippen LogP contribution in [0.2, 0.25) is 0 Å². The summed E-state index contributed by atoms with van der Waals surface area (Å²) in [4.78, 5) is 16.1. The summed E-state index contributed by atoms with van der Waals surface area (Å²) < 4.78 is 5.59. The molecule has 1 aromatic heterocycles. The highest BCUT2D eigenvalue weighted by molar-refractivity contribution is 5.94. The first-order valence-corrected chi connectivity index (χ1v) is 6.26. The summed E-state index contributed by atoms with van der Waals surface area (Å²) in [5.74, 6) is 0.284. The molecule has 4 unspecified atom stereocenters. The molecule has 5 heteroatoms. The van der Waals surface area contributed by atoms with E-state index in [9.17, 15) is 4.79 Å². The van der Waals surface area contributed by atoms with Gasteiger partial charge in [-0.3, -0.25) is 9.78 Å². The van der Waals surface area contributed by atoms with E-state index in [1.165, 1.54) is 0 Å². The van der Waals surface area contributed by atoms with E-state index in [2.05, 4.69) is 10.3 Å². The van der Waals surface area contributed by atoms with Crippen molar-refractivity contribution in [2.24, 2.45) is 11.7 Å². The van der Waals surface area contributed by atoms with Gasteiger partial charge in [-0.1, -0.05) is 0 Å². The van der Waals surface area contributed by atoms with Gasteiger partial charge in [0.25, 0.3) is 5.91 Å². The summed E-state index contributed by atoms with van der Waals surface area (Å²) >= 11 is 0. The molecule has 0 aromatic carbocycles. The van der Waals surface area contributed by atoms with Gasteiger partial charge in [-0.2, -0.15) is 0 Å². The van der Waals surface area contributed by atoms with Crippen LogP contribution >= 0.6 is 0 Å². The fourth-order valence-electron chi connectivity index (χ4n) is 2.84. The number of hydrogen-bond donors (Lipinski definition) is 2. The first-order chi connectivity index (χ1) is 8.66. The maximum absolute atomic E-state index is 12.1. The zero-order valence-electron chi connectivity index (χ0n) is 10.3. The smallest absolute Gasteiger partial charge is 0.253 e. The highest BCUT2D eigenvalue weighted by atomic mass is 16.5. The molecule has 1 aliphatic heterocycles. The van der Waals surface area contributed by atoms with Gasteiger partial charge in [0.15, 0.2) is 0 Å². The van der Waals surface area contributed by atoms with Crippen LogP contribution < -0.4 is 11.1 Å². The van der Waals surface area contributed by atoms with E-state index < -0.39 is 0 Å². The van der Waals surface area contributed by atoms with Gasteiger partial charge in [-0.15, -0.1) is 0 Å². The molecule has 3 rings (SSSR count). The summed E-state index contributed by atoms with van der Waals surface area (Å²) in [5.41, 5.74) is 7.59. The van der Waals surface area contributed by atoms with E-state index in [0.29, 0.717) is 11.5 Å². The Morgan fingerprint density at radius 3 is 3.17 bits per heavy atom. The van der Waals surface area contributed by atoms with Gasteiger partial charge in [0.05, 0.1) is 17.7 Å². The fourth-order valence-corrected chi connectivity index (χ4v) is 2.84. The number of amides is 1. The lowest BCUT2D eigenvalue weighted by Gasteiger charge is -2.45. The highest BCUT2D eigenvalue weighted by Gasteiger charge is 2.52. The number of fused-ring (bicyclic) bond motifs is 1. The number of nitrogens with zero attached hydrogens (tertiary/aromatic N) is 1. The molecule has 3 N–H and O–H groups in total. The Labute approximate surface area is 106 Å². The molecule has 2 heterocycles. The lowest BCUT2D eigenvalue weighted by Crippen LogP contribution is -2.68. The quantitative estimate of drug-likeness (QED) is 0.784. The summed E-state index contributed by atoms with van der Waals surface area (Å²) in [5, 5.41) is 2.95. The predicted octanol–water partition coefficient (Wildman–Crippen LogP) is 0.234. The van der Waals surface area contributed by atoms with E-state index >= 15 is 0 Å². The SMILES string of the molecule is Cc1cncc(C(=O)NC2C(N)C3CCOC32)c1. The maximum Gasteiger partial charge on any atom is 0.253 e. The van der Waals surface area contributed by atoms with E-state index in [-0.39, 0.29) is 24.1 Å². The van der Waals surface area contributed by atoms with E-state index in [1.54, 1.807) is 12.4 Å². The van der Waals surface area contributed by atoms with Gasteiger partial charge in [0.1, 0.15) is 0 Å². The minimum atomic E-state index is -0.124. The van der Waals surface area contributed by atoms with Crippen molar-refractivity contribution in [2.45, 2.75) is 31.5 Å². The second-order valence-corrected chi connectivity index (χ2v) is 5.12. The van der Waals surface area contributed by atoms with Gasteiger partial charge < -0.3 is 15.8 Å². The molecule has 18 heavy (non-hydrogen) atoms. The van der Waals surface area contributed by atoms with Crippen molar-refractivity contribution in [3.63, 3.8) is 0 Å². The van der Waals surface area contributed by atoms with Crippen molar-refractivity contribution >= 4 is 5.91 Å². The molecule has 1 aromatic rings. The molecule has 1 amide bonds. The molecule has 5 nitrogen and oxygen atoms in total. The van der Waals surface area contributed by atoms with Crippen LogP contribution in [0.4, 0.5) is 0 Å². The Morgan fingerprint density at radius 2 is 2.39 bits per heavy atom. The van der Waals surface area contributed by atoms with Crippen molar-refractivity contribution in [3.05, 3.63) is 29.6 Å². The van der Waals surface area contributed by atoms with Crippen molar-refractivity contribution in [2.75, 3.05) is 6.61 Å². The maximum atomic E-state index is 12.1. The van der Waals surface area contributed by atoms with Crippen LogP contribution in [-0.2, 0) is 4.74 Å². The summed E-state index contributed by atoms with van der Waals surface area (Å²) in [7, 11) is 0. The molecule has 0 spiro atoms. The zero-order chi connectivity index (χ0) is 12.7. The van der Waals surface area contributed by atoms with Gasteiger partial charge in [-0.05, 0) is 25.0 Å². The van der Waals surface area contributed by atoms with Crippen LogP contribution in [0.3, 0.4) is 0 Å². The molecule has 0 radical (unpaired) electrons. The third-order valence-electron chi connectivity index (χ3n) is 3.88. The zero-order valence-corrected chi connectivity index (χ0v) is 10.3. The largest absolute Gasteiger partial charge is 0.376 e. The molecule has 0 bridgehead atoms. The third-order valence-corrected chi connectivity index (χ3v) is 3.88. The lowest BCUT2D eigenvalue weighted by atomic mass is 9.72. The van der Waals surface area contributed by atoms with E-state index in [1.807, 2.05) is 13.0 Å². The van der Waals surface area contributed by atoms with Gasteiger partial charge >= 0.3 is 0 Å². The Morgan fingerprint density at radius 1 is 1.56 bits per heavy atom. The minimum Gasteiger partial charge on any atom is -0.376 e. The molecular weight excluding hydrogens is 230 g/mol. The molecule has 2 fully saturated rings. The third kappa shape index (κ3) is 1.79. The number of pyridine rings is 1. The topological polar surface area (TPSA) is 77.2 Å². The van der Waals surface area contributed by atoms with Crippen LogP contribution in [0.25, 0.3) is 0 Å². The normalized spacial score (nSPS) is 33.7. The number of rotatable bonds is 2. The number of carbonyl (C=O) groups is 1.